The van der Waals surface area contributed by atoms with E-state index in [9.17, 15) is 14.4 Å². The minimum Gasteiger partial charge on any atom is -0.321 e. The van der Waals surface area contributed by atoms with E-state index in [1.807, 2.05) is 30.3 Å². The lowest BCUT2D eigenvalue weighted by Crippen LogP contribution is -2.44. The van der Waals surface area contributed by atoms with Gasteiger partial charge in [-0.25, -0.2) is 5.01 Å². The van der Waals surface area contributed by atoms with Gasteiger partial charge in [-0.05, 0) is 42.0 Å². The van der Waals surface area contributed by atoms with E-state index >= 15 is 0 Å². The molecule has 7 nitrogen and oxygen atoms in total. The van der Waals surface area contributed by atoms with Gasteiger partial charge in [-0.1, -0.05) is 36.4 Å². The summed E-state index contributed by atoms with van der Waals surface area (Å²) in [5.41, 5.74) is 4.87. The molecule has 0 aliphatic carbocycles. The summed E-state index contributed by atoms with van der Waals surface area (Å²) >= 11 is 1.46. The van der Waals surface area contributed by atoms with Crippen LogP contribution in [0.2, 0.25) is 0 Å². The van der Waals surface area contributed by atoms with Gasteiger partial charge in [-0.2, -0.15) is 0 Å². The highest BCUT2D eigenvalue weighted by Gasteiger charge is 2.34. The van der Waals surface area contributed by atoms with Crippen LogP contribution < -0.4 is 10.7 Å². The molecule has 1 aliphatic heterocycles. The molecule has 2 heterocycles. The number of thioether (sulfide) groups is 1. The molecule has 2 N–H and O–H groups in total. The van der Waals surface area contributed by atoms with Crippen molar-refractivity contribution in [2.45, 2.75) is 5.37 Å². The van der Waals surface area contributed by atoms with Crippen molar-refractivity contribution in [2.24, 2.45) is 0 Å². The van der Waals surface area contributed by atoms with Crippen LogP contribution in [0, 0.1) is 0 Å². The number of anilines is 1. The van der Waals surface area contributed by atoms with Crippen LogP contribution in [0.5, 0.6) is 0 Å². The first-order chi connectivity index (χ1) is 14.6. The highest BCUT2D eigenvalue weighted by atomic mass is 32.2. The van der Waals surface area contributed by atoms with Crippen LogP contribution in [-0.2, 0) is 4.79 Å². The second-order valence-corrected chi connectivity index (χ2v) is 7.59. The Morgan fingerprint density at radius 3 is 2.37 bits per heavy atom. The minimum atomic E-state index is -0.394. The first-order valence-corrected chi connectivity index (χ1v) is 10.3. The normalized spacial score (nSPS) is 15.7. The topological polar surface area (TPSA) is 91.4 Å². The third-order valence-electron chi connectivity index (χ3n) is 4.48. The second kappa shape index (κ2) is 8.79. The van der Waals surface area contributed by atoms with Gasteiger partial charge in [0.1, 0.15) is 11.1 Å². The summed E-state index contributed by atoms with van der Waals surface area (Å²) in [4.78, 5) is 41.1. The summed E-state index contributed by atoms with van der Waals surface area (Å²) in [5, 5.41) is 3.84. The summed E-state index contributed by atoms with van der Waals surface area (Å²) in [7, 11) is 0. The molecule has 30 heavy (non-hydrogen) atoms. The Hall–Kier alpha value is -3.65. The van der Waals surface area contributed by atoms with Gasteiger partial charge < -0.3 is 5.32 Å². The third kappa shape index (κ3) is 4.33. The Kier molecular flexibility index (Phi) is 5.76. The van der Waals surface area contributed by atoms with E-state index in [0.29, 0.717) is 22.7 Å². The molecule has 0 radical (unpaired) electrons. The van der Waals surface area contributed by atoms with Crippen molar-refractivity contribution >= 4 is 35.2 Å². The van der Waals surface area contributed by atoms with Crippen LogP contribution in [0.25, 0.3) is 0 Å². The van der Waals surface area contributed by atoms with Crippen LogP contribution in [0.3, 0.4) is 0 Å². The molecule has 0 spiro atoms. The zero-order valence-corrected chi connectivity index (χ0v) is 16.6. The standard InChI is InChI=1S/C22H18N4O3S/c27-19-14-30-22(16-6-2-1-3-7-16)26(19)25-20(28)15-9-11-17(12-10-15)24-21(29)18-8-4-5-13-23-18/h1-13,22H,14H2,(H,24,29)(H,25,28). The second-order valence-electron chi connectivity index (χ2n) is 6.53. The molecule has 2 aromatic carbocycles. The van der Waals surface area contributed by atoms with Crippen LogP contribution in [-0.4, -0.2) is 33.5 Å². The fourth-order valence-electron chi connectivity index (χ4n) is 2.98. The molecule has 150 valence electrons. The average Bonchev–Trinajstić information content (AvgIpc) is 3.15. The Morgan fingerprint density at radius 2 is 1.67 bits per heavy atom. The van der Waals surface area contributed by atoms with Crippen LogP contribution >= 0.6 is 11.8 Å². The van der Waals surface area contributed by atoms with Crippen molar-refractivity contribution in [1.82, 2.24) is 15.4 Å². The van der Waals surface area contributed by atoms with Crippen molar-refractivity contribution in [2.75, 3.05) is 11.1 Å². The molecule has 1 saturated heterocycles. The number of carbonyl (C=O) groups is 3. The Morgan fingerprint density at radius 1 is 0.933 bits per heavy atom. The number of nitrogens with one attached hydrogen (secondary N) is 2. The van der Waals surface area contributed by atoms with Crippen LogP contribution in [0.4, 0.5) is 5.69 Å². The summed E-state index contributed by atoms with van der Waals surface area (Å²) in [6.45, 7) is 0. The first-order valence-electron chi connectivity index (χ1n) is 9.24. The highest BCUT2D eigenvalue weighted by molar-refractivity contribution is 8.00. The lowest BCUT2D eigenvalue weighted by Gasteiger charge is -2.24. The van der Waals surface area contributed by atoms with Gasteiger partial charge in [0.05, 0.1) is 5.75 Å². The van der Waals surface area contributed by atoms with Gasteiger partial charge in [0.25, 0.3) is 17.7 Å². The molecular weight excluding hydrogens is 400 g/mol. The maximum absolute atomic E-state index is 12.7. The first kappa shape index (κ1) is 19.7. The van der Waals surface area contributed by atoms with Gasteiger partial charge >= 0.3 is 0 Å². The number of hydrogen-bond acceptors (Lipinski definition) is 5. The number of benzene rings is 2. The summed E-state index contributed by atoms with van der Waals surface area (Å²) in [5.74, 6) is -0.577. The summed E-state index contributed by atoms with van der Waals surface area (Å²) < 4.78 is 0. The number of rotatable bonds is 5. The monoisotopic (exact) mass is 418 g/mol. The summed E-state index contributed by atoms with van der Waals surface area (Å²) in [6, 6.07) is 21.1. The van der Waals surface area contributed by atoms with Crippen LogP contribution in [0.15, 0.2) is 79.0 Å². The lowest BCUT2D eigenvalue weighted by molar-refractivity contribution is -0.130. The highest BCUT2D eigenvalue weighted by Crippen LogP contribution is 2.37. The number of amides is 3. The SMILES string of the molecule is O=C(NN1C(=O)CSC1c1ccccc1)c1ccc(NC(=O)c2ccccn2)cc1. The molecule has 1 atom stereocenters. The molecular formula is C22H18N4O3S. The van der Waals surface area contributed by atoms with E-state index < -0.39 is 5.91 Å². The predicted octanol–water partition coefficient (Wildman–Crippen LogP) is 3.25. The largest absolute Gasteiger partial charge is 0.321 e. The molecule has 8 heteroatoms. The lowest BCUT2D eigenvalue weighted by atomic mass is 10.2. The molecule has 1 aliphatic rings. The fourth-order valence-corrected chi connectivity index (χ4v) is 4.09. The molecule has 0 saturated carbocycles. The van der Waals surface area contributed by atoms with Gasteiger partial charge in [-0.15, -0.1) is 11.8 Å². The number of aromatic nitrogens is 1. The number of nitrogens with zero attached hydrogens (tertiary/aromatic N) is 2. The molecule has 0 bridgehead atoms. The van der Waals surface area contributed by atoms with Gasteiger partial charge in [0.15, 0.2) is 0 Å². The molecule has 1 fully saturated rings. The number of pyridine rings is 1. The molecule has 1 unspecified atom stereocenters. The maximum atomic E-state index is 12.7. The van der Waals surface area contributed by atoms with Crippen molar-refractivity contribution in [1.29, 1.82) is 0 Å². The van der Waals surface area contributed by atoms with Crippen molar-refractivity contribution in [3.63, 3.8) is 0 Å². The zero-order chi connectivity index (χ0) is 20.9. The third-order valence-corrected chi connectivity index (χ3v) is 5.69. The molecule has 4 rings (SSSR count). The van der Waals surface area contributed by atoms with E-state index in [-0.39, 0.29) is 17.2 Å². The number of carbonyl (C=O) groups excluding carboxylic acids is 3. The Labute approximate surface area is 177 Å². The predicted molar refractivity (Wildman–Crippen MR) is 115 cm³/mol. The fraction of sp³-hybridized carbons (Fsp3) is 0.0909. The Bertz CT molecular complexity index is 1060. The summed E-state index contributed by atoms with van der Waals surface area (Å²) in [6.07, 6.45) is 1.54. The van der Waals surface area contributed by atoms with Gasteiger partial charge in [0.2, 0.25) is 0 Å². The molecule has 3 aromatic rings. The molecule has 1 aromatic heterocycles. The van der Waals surface area contributed by atoms with Crippen LogP contribution in [0.1, 0.15) is 31.8 Å². The number of hydrazine groups is 1. The Balaban J connectivity index is 1.42. The zero-order valence-electron chi connectivity index (χ0n) is 15.8. The minimum absolute atomic E-state index is 0.151. The van der Waals surface area contributed by atoms with E-state index in [2.05, 4.69) is 15.7 Å². The quantitative estimate of drug-likeness (QED) is 0.664. The van der Waals surface area contributed by atoms with Crippen molar-refractivity contribution in [3.8, 4) is 0 Å². The van der Waals surface area contributed by atoms with Crippen molar-refractivity contribution < 1.29 is 14.4 Å². The average molecular weight is 418 g/mol. The van der Waals surface area contributed by atoms with E-state index in [1.165, 1.54) is 16.8 Å². The smallest absolute Gasteiger partial charge is 0.274 e. The van der Waals surface area contributed by atoms with Crippen molar-refractivity contribution in [3.05, 3.63) is 95.8 Å². The van der Waals surface area contributed by atoms with E-state index in [1.54, 1.807) is 48.7 Å². The number of hydrogen-bond donors (Lipinski definition) is 2. The maximum Gasteiger partial charge on any atom is 0.274 e. The van der Waals surface area contributed by atoms with Gasteiger partial charge in [-0.3, -0.25) is 24.8 Å². The molecule has 3 amide bonds. The van der Waals surface area contributed by atoms with Gasteiger partial charge in [0, 0.05) is 17.4 Å². The van der Waals surface area contributed by atoms with E-state index in [0.717, 1.165) is 5.56 Å². The van der Waals surface area contributed by atoms with E-state index in [4.69, 9.17) is 0 Å².